The molecule has 0 aliphatic heterocycles. The van der Waals surface area contributed by atoms with Crippen LogP contribution in [0.3, 0.4) is 0 Å². The van der Waals surface area contributed by atoms with Crippen LogP contribution in [0.15, 0.2) is 73.1 Å². The van der Waals surface area contributed by atoms with Crippen LogP contribution in [0, 0.1) is 6.92 Å². The number of aromatic nitrogens is 3. The third-order valence-corrected chi connectivity index (χ3v) is 4.82. The van der Waals surface area contributed by atoms with Crippen LogP contribution in [0.1, 0.15) is 22.6 Å². The number of H-pyrrole nitrogens is 1. The summed E-state index contributed by atoms with van der Waals surface area (Å²) in [7, 11) is 0. The first-order chi connectivity index (χ1) is 16.2. The highest BCUT2D eigenvalue weighted by molar-refractivity contribution is 5.54. The van der Waals surface area contributed by atoms with Gasteiger partial charge in [0.05, 0.1) is 12.1 Å². The van der Waals surface area contributed by atoms with Crippen LogP contribution >= 0.6 is 0 Å². The zero-order valence-electron chi connectivity index (χ0n) is 17.8. The number of aryl methyl sites for hydroxylation is 1. The second kappa shape index (κ2) is 9.30. The normalized spacial score (nSPS) is 11.9. The number of rotatable bonds is 7. The fourth-order valence-corrected chi connectivity index (χ4v) is 3.03. The molecule has 0 radical (unpaired) electrons. The fourth-order valence-electron chi connectivity index (χ4n) is 3.03. The molecule has 0 unspecified atom stereocenters. The van der Waals surface area contributed by atoms with E-state index < -0.39 is 23.2 Å². The Balaban J connectivity index is 1.36. The second-order valence-electron chi connectivity index (χ2n) is 7.23. The minimum absolute atomic E-state index is 0.0997. The van der Waals surface area contributed by atoms with Gasteiger partial charge < -0.3 is 13.7 Å². The van der Waals surface area contributed by atoms with Gasteiger partial charge in [-0.3, -0.25) is 0 Å². The lowest BCUT2D eigenvalue weighted by Crippen LogP contribution is -2.15. The van der Waals surface area contributed by atoms with Crippen molar-refractivity contribution in [2.24, 2.45) is 0 Å². The summed E-state index contributed by atoms with van der Waals surface area (Å²) in [6.45, 7) is 1.91. The molecule has 11 heteroatoms. The zero-order valence-corrected chi connectivity index (χ0v) is 17.8. The van der Waals surface area contributed by atoms with Crippen LogP contribution in [0.5, 0.6) is 5.75 Å². The van der Waals surface area contributed by atoms with Gasteiger partial charge in [-0.25, -0.2) is 19.6 Å². The lowest BCUT2D eigenvalue weighted by molar-refractivity contribution is -0.137. The molecule has 0 aliphatic carbocycles. The van der Waals surface area contributed by atoms with Crippen molar-refractivity contribution in [3.8, 4) is 17.2 Å². The molecule has 176 valence electrons. The first-order valence-corrected chi connectivity index (χ1v) is 10.0. The largest absolute Gasteiger partial charge is 0.487 e. The molecule has 2 heterocycles. The van der Waals surface area contributed by atoms with Gasteiger partial charge in [0, 0.05) is 5.56 Å². The van der Waals surface area contributed by atoms with E-state index in [0.29, 0.717) is 22.8 Å². The number of aromatic amines is 1. The van der Waals surface area contributed by atoms with Crippen molar-refractivity contribution in [3.05, 3.63) is 98.2 Å². The van der Waals surface area contributed by atoms with Crippen molar-refractivity contribution in [2.75, 3.05) is 0 Å². The maximum Gasteiger partial charge on any atom is 0.440 e. The fraction of sp³-hybridized carbons (Fsp3) is 0.174. The quantitative estimate of drug-likeness (QED) is 0.427. The van der Waals surface area contributed by atoms with E-state index in [1.54, 1.807) is 43.3 Å². The first kappa shape index (κ1) is 22.9. The molecule has 8 nitrogen and oxygen atoms in total. The van der Waals surface area contributed by atoms with Crippen molar-refractivity contribution >= 4 is 6.08 Å². The molecule has 0 bridgehead atoms. The molecule has 0 saturated carbocycles. The third-order valence-electron chi connectivity index (χ3n) is 4.82. The van der Waals surface area contributed by atoms with E-state index in [0.717, 1.165) is 22.4 Å². The standard InChI is InChI=1S/C23H18F3N3O5/c1-14-19(27-20(33-14)16-6-8-17(9-7-16)23(24,25)26)13-32-18-10-4-15(5-11-18)3-2-12-29-21(30)28-22(31)34-29/h2-11H,12-13H2,1H3,(H,28,30,31)/b3-2+. The minimum Gasteiger partial charge on any atom is -0.487 e. The molecule has 34 heavy (non-hydrogen) atoms. The van der Waals surface area contributed by atoms with Gasteiger partial charge in [-0.15, -0.1) is 4.74 Å². The van der Waals surface area contributed by atoms with E-state index in [1.807, 2.05) is 4.98 Å². The first-order valence-electron chi connectivity index (χ1n) is 10.0. The molecular weight excluding hydrogens is 455 g/mol. The number of alkyl halides is 3. The predicted octanol–water partition coefficient (Wildman–Crippen LogP) is 4.40. The summed E-state index contributed by atoms with van der Waals surface area (Å²) >= 11 is 0. The lowest BCUT2D eigenvalue weighted by atomic mass is 10.1. The Kier molecular flexibility index (Phi) is 6.26. The topological polar surface area (TPSA) is 103 Å². The highest BCUT2D eigenvalue weighted by Crippen LogP contribution is 2.31. The highest BCUT2D eigenvalue weighted by Gasteiger charge is 2.30. The van der Waals surface area contributed by atoms with Gasteiger partial charge in [-0.1, -0.05) is 24.3 Å². The predicted molar refractivity (Wildman–Crippen MR) is 115 cm³/mol. The van der Waals surface area contributed by atoms with Crippen molar-refractivity contribution in [1.82, 2.24) is 14.7 Å². The van der Waals surface area contributed by atoms with E-state index >= 15 is 0 Å². The van der Waals surface area contributed by atoms with Gasteiger partial charge in [-0.2, -0.15) is 13.2 Å². The lowest BCUT2D eigenvalue weighted by Gasteiger charge is -2.06. The molecule has 2 aromatic carbocycles. The summed E-state index contributed by atoms with van der Waals surface area (Å²) in [6, 6.07) is 11.7. The Labute approximate surface area is 189 Å². The zero-order chi connectivity index (χ0) is 24.3. The minimum atomic E-state index is -4.41. The van der Waals surface area contributed by atoms with Crippen LogP contribution in [0.25, 0.3) is 17.5 Å². The Morgan fingerprint density at radius 3 is 2.41 bits per heavy atom. The summed E-state index contributed by atoms with van der Waals surface area (Å²) < 4.78 is 55.1. The summed E-state index contributed by atoms with van der Waals surface area (Å²) in [4.78, 5) is 28.7. The number of nitrogens with zero attached hydrogens (tertiary/aromatic N) is 2. The molecular formula is C23H18F3N3O5. The van der Waals surface area contributed by atoms with Gasteiger partial charge in [0.1, 0.15) is 23.8 Å². The van der Waals surface area contributed by atoms with E-state index in [1.165, 1.54) is 12.1 Å². The Hall–Kier alpha value is -4.28. The number of nitrogens with one attached hydrogen (secondary N) is 1. The van der Waals surface area contributed by atoms with E-state index in [-0.39, 0.29) is 19.0 Å². The molecule has 0 atom stereocenters. The Morgan fingerprint density at radius 2 is 1.79 bits per heavy atom. The number of hydrogen-bond acceptors (Lipinski definition) is 6. The van der Waals surface area contributed by atoms with Gasteiger partial charge in [0.15, 0.2) is 0 Å². The van der Waals surface area contributed by atoms with Gasteiger partial charge in [0.2, 0.25) is 5.89 Å². The molecule has 0 saturated heterocycles. The van der Waals surface area contributed by atoms with Crippen molar-refractivity contribution < 1.29 is 26.8 Å². The van der Waals surface area contributed by atoms with E-state index in [2.05, 4.69) is 9.51 Å². The molecule has 1 N–H and O–H groups in total. The number of allylic oxidation sites excluding steroid dienone is 1. The smallest absolute Gasteiger partial charge is 0.440 e. The number of benzene rings is 2. The van der Waals surface area contributed by atoms with Crippen molar-refractivity contribution in [3.63, 3.8) is 0 Å². The molecule has 0 amide bonds. The SMILES string of the molecule is Cc1oc(-c2ccc(C(F)(F)F)cc2)nc1COc1ccc(/C=C/Cn2oc(=O)[nH]c2=O)cc1. The average molecular weight is 473 g/mol. The summed E-state index contributed by atoms with van der Waals surface area (Å²) in [5.41, 5.74) is 0.423. The van der Waals surface area contributed by atoms with Crippen LogP contribution in [0.4, 0.5) is 13.2 Å². The second-order valence-corrected chi connectivity index (χ2v) is 7.23. The van der Waals surface area contributed by atoms with Gasteiger partial charge in [0.25, 0.3) is 0 Å². The molecule has 0 aliphatic rings. The van der Waals surface area contributed by atoms with E-state index in [4.69, 9.17) is 9.15 Å². The van der Waals surface area contributed by atoms with Crippen molar-refractivity contribution in [2.45, 2.75) is 26.3 Å². The monoisotopic (exact) mass is 473 g/mol. The van der Waals surface area contributed by atoms with Gasteiger partial charge in [-0.05, 0) is 48.9 Å². The summed E-state index contributed by atoms with van der Waals surface area (Å²) in [5.74, 6) is 0.473. The number of oxazole rings is 1. The van der Waals surface area contributed by atoms with Gasteiger partial charge >= 0.3 is 17.6 Å². The van der Waals surface area contributed by atoms with Crippen LogP contribution in [-0.4, -0.2) is 14.7 Å². The third kappa shape index (κ3) is 5.37. The molecule has 0 fully saturated rings. The molecule has 2 aromatic heterocycles. The Morgan fingerprint density at radius 1 is 1.09 bits per heavy atom. The number of ether oxygens (including phenoxy) is 1. The molecule has 0 spiro atoms. The summed E-state index contributed by atoms with van der Waals surface area (Å²) in [5, 5.41) is 0. The Bertz CT molecular complexity index is 1410. The number of halogens is 3. The van der Waals surface area contributed by atoms with Crippen molar-refractivity contribution in [1.29, 1.82) is 0 Å². The van der Waals surface area contributed by atoms with Crippen LogP contribution < -0.4 is 16.2 Å². The van der Waals surface area contributed by atoms with E-state index in [9.17, 15) is 22.8 Å². The maximum atomic E-state index is 12.7. The maximum absolute atomic E-state index is 12.7. The average Bonchev–Trinajstić information content (AvgIpc) is 3.33. The summed E-state index contributed by atoms with van der Waals surface area (Å²) in [6.07, 6.45) is -0.995. The van der Waals surface area contributed by atoms with Crippen LogP contribution in [0.2, 0.25) is 0 Å². The number of hydrogen-bond donors (Lipinski definition) is 1. The van der Waals surface area contributed by atoms with Crippen LogP contribution in [-0.2, 0) is 19.3 Å². The molecule has 4 rings (SSSR count). The molecule has 4 aromatic rings. The highest BCUT2D eigenvalue weighted by atomic mass is 19.4.